The molecule has 10 nitrogen and oxygen atoms in total. The van der Waals surface area contributed by atoms with Gasteiger partial charge in [0.25, 0.3) is 0 Å². The molecular weight excluding hydrogens is 376 g/mol. The van der Waals surface area contributed by atoms with Gasteiger partial charge in [0.1, 0.15) is 35.7 Å². The maximum absolute atomic E-state index is 12.4. The molecule has 1 aliphatic heterocycles. The number of benzene rings is 1. The minimum absolute atomic E-state index is 0.0372. The number of rotatable bonds is 7. The van der Waals surface area contributed by atoms with E-state index in [0.29, 0.717) is 0 Å². The minimum Gasteiger partial charge on any atom is -0.462 e. The average molecular weight is 400 g/mol. The molecule has 0 bridgehead atoms. The zero-order valence-electron chi connectivity index (χ0n) is 15.5. The van der Waals surface area contributed by atoms with Crippen LogP contribution in [0.15, 0.2) is 18.2 Å². The molecule has 0 spiro atoms. The number of aliphatic hydroxyl groups is 4. The van der Waals surface area contributed by atoms with Crippen molar-refractivity contribution in [1.29, 1.82) is 0 Å². The van der Waals surface area contributed by atoms with E-state index in [1.165, 1.54) is 18.2 Å². The molecule has 0 aliphatic carbocycles. The van der Waals surface area contributed by atoms with Crippen molar-refractivity contribution >= 4 is 11.9 Å². The van der Waals surface area contributed by atoms with Crippen molar-refractivity contribution in [2.24, 2.45) is 0 Å². The van der Waals surface area contributed by atoms with Crippen LogP contribution in [-0.2, 0) is 14.2 Å². The van der Waals surface area contributed by atoms with Crippen LogP contribution in [0.3, 0.4) is 0 Å². The Hall–Kier alpha value is -2.24. The lowest BCUT2D eigenvalue weighted by atomic mass is 9.99. The smallest absolute Gasteiger partial charge is 0.342 e. The van der Waals surface area contributed by atoms with Crippen molar-refractivity contribution < 1.29 is 49.0 Å². The van der Waals surface area contributed by atoms with Crippen molar-refractivity contribution in [1.82, 2.24) is 0 Å². The predicted molar refractivity (Wildman–Crippen MR) is 92.8 cm³/mol. The molecule has 0 radical (unpaired) electrons. The molecule has 28 heavy (non-hydrogen) atoms. The van der Waals surface area contributed by atoms with Gasteiger partial charge >= 0.3 is 11.9 Å². The quantitative estimate of drug-likeness (QED) is 0.429. The summed E-state index contributed by atoms with van der Waals surface area (Å²) in [4.78, 5) is 24.6. The summed E-state index contributed by atoms with van der Waals surface area (Å²) >= 11 is 0. The molecule has 1 aliphatic rings. The molecule has 0 amide bonds. The molecule has 5 atom stereocenters. The molecule has 1 aromatic carbocycles. The molecule has 10 heteroatoms. The molecule has 4 N–H and O–H groups in total. The van der Waals surface area contributed by atoms with Gasteiger partial charge in [0.15, 0.2) is 0 Å². The van der Waals surface area contributed by atoms with Crippen molar-refractivity contribution in [3.8, 4) is 5.75 Å². The summed E-state index contributed by atoms with van der Waals surface area (Å²) in [7, 11) is 0. The molecule has 0 saturated carbocycles. The Bertz CT molecular complexity index is 689. The second kappa shape index (κ2) is 9.80. The number of esters is 2. The third kappa shape index (κ3) is 4.59. The lowest BCUT2D eigenvalue weighted by Crippen LogP contribution is -2.60. The summed E-state index contributed by atoms with van der Waals surface area (Å²) in [5.41, 5.74) is -0.345. The Kier molecular flexibility index (Phi) is 7.72. The first-order valence-electron chi connectivity index (χ1n) is 8.80. The molecule has 1 heterocycles. The van der Waals surface area contributed by atoms with Gasteiger partial charge in [-0.2, -0.15) is 0 Å². The number of carbonyl (C=O) groups excluding carboxylic acids is 2. The topological polar surface area (TPSA) is 152 Å². The van der Waals surface area contributed by atoms with E-state index in [1.807, 2.05) is 0 Å². The third-order valence-electron chi connectivity index (χ3n) is 4.09. The molecule has 0 aromatic heterocycles. The predicted octanol–water partition coefficient (Wildman–Crippen LogP) is -0.781. The van der Waals surface area contributed by atoms with E-state index in [-0.39, 0.29) is 30.1 Å². The molecule has 1 fully saturated rings. The Balaban J connectivity index is 2.40. The highest BCUT2D eigenvalue weighted by molar-refractivity contribution is 6.05. The van der Waals surface area contributed by atoms with Gasteiger partial charge in [-0.3, -0.25) is 0 Å². The maximum atomic E-state index is 12.4. The summed E-state index contributed by atoms with van der Waals surface area (Å²) < 4.78 is 20.7. The Morgan fingerprint density at radius 1 is 1.00 bits per heavy atom. The highest BCUT2D eigenvalue weighted by Gasteiger charge is 2.45. The van der Waals surface area contributed by atoms with Crippen LogP contribution < -0.4 is 4.74 Å². The third-order valence-corrected chi connectivity index (χ3v) is 4.09. The first-order valence-corrected chi connectivity index (χ1v) is 8.80. The summed E-state index contributed by atoms with van der Waals surface area (Å²) in [5.74, 6) is -1.79. The number of hydrogen-bond donors (Lipinski definition) is 4. The second-order valence-electron chi connectivity index (χ2n) is 5.93. The summed E-state index contributed by atoms with van der Waals surface area (Å²) in [6.07, 6.45) is -7.62. The number of ether oxygens (including phenoxy) is 4. The highest BCUT2D eigenvalue weighted by Crippen LogP contribution is 2.29. The molecule has 1 aromatic rings. The van der Waals surface area contributed by atoms with E-state index in [1.54, 1.807) is 13.8 Å². The standard InChI is InChI=1S/C18H24O10/c1-3-25-16(23)9-6-5-7-10(12(9)17(24)26-4-2)27-18-15(22)14(21)13(20)11(8-19)28-18/h5-7,11,13-15,18-22H,3-4,8H2,1-2H3/t11-,13-,14+,15-,18?/m1/s1. The molecule has 1 unspecified atom stereocenters. The van der Waals surface area contributed by atoms with Crippen LogP contribution in [0.2, 0.25) is 0 Å². The van der Waals surface area contributed by atoms with E-state index < -0.39 is 49.3 Å². The SMILES string of the molecule is CCOC(=O)c1cccc(OC2O[C@H](CO)[C@@H](O)[C@H](O)[C@H]2O)c1C(=O)OCC. The number of aliphatic hydroxyl groups excluding tert-OH is 4. The van der Waals surface area contributed by atoms with Crippen LogP contribution in [0, 0.1) is 0 Å². The Morgan fingerprint density at radius 3 is 2.25 bits per heavy atom. The normalized spacial score (nSPS) is 27.1. The zero-order valence-corrected chi connectivity index (χ0v) is 15.5. The van der Waals surface area contributed by atoms with Gasteiger partial charge in [0.2, 0.25) is 6.29 Å². The lowest BCUT2D eigenvalue weighted by molar-refractivity contribution is -0.277. The first kappa shape index (κ1) is 22.1. The van der Waals surface area contributed by atoms with E-state index in [0.717, 1.165) is 0 Å². The Labute approximate surface area is 161 Å². The van der Waals surface area contributed by atoms with E-state index in [9.17, 15) is 30.0 Å². The van der Waals surface area contributed by atoms with Crippen molar-refractivity contribution in [2.75, 3.05) is 19.8 Å². The van der Waals surface area contributed by atoms with Gasteiger partial charge in [-0.25, -0.2) is 9.59 Å². The van der Waals surface area contributed by atoms with Gasteiger partial charge in [0, 0.05) is 0 Å². The van der Waals surface area contributed by atoms with E-state index in [2.05, 4.69) is 0 Å². The number of hydrogen-bond acceptors (Lipinski definition) is 10. The molecule has 156 valence electrons. The van der Waals surface area contributed by atoms with Crippen LogP contribution in [0.5, 0.6) is 5.75 Å². The fourth-order valence-electron chi connectivity index (χ4n) is 2.71. The van der Waals surface area contributed by atoms with Crippen LogP contribution in [0.4, 0.5) is 0 Å². The first-order chi connectivity index (χ1) is 13.3. The van der Waals surface area contributed by atoms with Crippen molar-refractivity contribution in [3.63, 3.8) is 0 Å². The van der Waals surface area contributed by atoms with E-state index >= 15 is 0 Å². The fourth-order valence-corrected chi connectivity index (χ4v) is 2.71. The summed E-state index contributed by atoms with van der Waals surface area (Å²) in [5, 5.41) is 39.1. The zero-order chi connectivity index (χ0) is 20.8. The van der Waals surface area contributed by atoms with Gasteiger partial charge in [-0.05, 0) is 26.0 Å². The van der Waals surface area contributed by atoms with Gasteiger partial charge in [0.05, 0.1) is 25.4 Å². The fraction of sp³-hybridized carbons (Fsp3) is 0.556. The van der Waals surface area contributed by atoms with Gasteiger partial charge < -0.3 is 39.4 Å². The summed E-state index contributed by atoms with van der Waals surface area (Å²) in [6, 6.07) is 4.12. The van der Waals surface area contributed by atoms with Crippen molar-refractivity contribution in [3.05, 3.63) is 29.3 Å². The van der Waals surface area contributed by atoms with Gasteiger partial charge in [-0.1, -0.05) is 6.07 Å². The molecular formula is C18H24O10. The molecule has 1 saturated heterocycles. The average Bonchev–Trinajstić information content (AvgIpc) is 2.68. The largest absolute Gasteiger partial charge is 0.462 e. The Morgan fingerprint density at radius 2 is 1.64 bits per heavy atom. The summed E-state index contributed by atoms with van der Waals surface area (Å²) in [6.45, 7) is 2.67. The van der Waals surface area contributed by atoms with Crippen LogP contribution in [0.1, 0.15) is 34.6 Å². The monoisotopic (exact) mass is 400 g/mol. The second-order valence-corrected chi connectivity index (χ2v) is 5.93. The lowest BCUT2D eigenvalue weighted by Gasteiger charge is -2.39. The highest BCUT2D eigenvalue weighted by atomic mass is 16.7. The van der Waals surface area contributed by atoms with Gasteiger partial charge in [-0.15, -0.1) is 0 Å². The van der Waals surface area contributed by atoms with Crippen LogP contribution in [-0.4, -0.2) is 82.9 Å². The minimum atomic E-state index is -1.68. The van der Waals surface area contributed by atoms with E-state index in [4.69, 9.17) is 18.9 Å². The van der Waals surface area contributed by atoms with Crippen molar-refractivity contribution in [2.45, 2.75) is 44.6 Å². The van der Waals surface area contributed by atoms with Crippen LogP contribution in [0.25, 0.3) is 0 Å². The number of carbonyl (C=O) groups is 2. The van der Waals surface area contributed by atoms with Crippen LogP contribution >= 0.6 is 0 Å². The molecule has 2 rings (SSSR count). The maximum Gasteiger partial charge on any atom is 0.342 e.